The third kappa shape index (κ3) is 9.71. The molecule has 2 aliphatic carbocycles. The Morgan fingerprint density at radius 3 is 2.48 bits per heavy atom. The lowest BCUT2D eigenvalue weighted by Crippen LogP contribution is -2.64. The van der Waals surface area contributed by atoms with Crippen molar-refractivity contribution in [2.45, 2.75) is 96.2 Å². The van der Waals surface area contributed by atoms with Gasteiger partial charge in [-0.05, 0) is 61.6 Å². The van der Waals surface area contributed by atoms with Crippen LogP contribution >= 0.6 is 0 Å². The summed E-state index contributed by atoms with van der Waals surface area (Å²) in [6.07, 6.45) is 11.9. The van der Waals surface area contributed by atoms with E-state index in [2.05, 4.69) is 39.9 Å². The molecular formula is C42H59N7O9. The number of aliphatic imine (C=N–C) groups is 1. The predicted octanol–water partition coefficient (Wildman–Crippen LogP) is 4.23. The van der Waals surface area contributed by atoms with Crippen molar-refractivity contribution in [3.63, 3.8) is 0 Å². The Morgan fingerprint density at radius 1 is 1.09 bits per heavy atom. The van der Waals surface area contributed by atoms with Crippen molar-refractivity contribution < 1.29 is 38.7 Å². The fourth-order valence-corrected chi connectivity index (χ4v) is 8.97. The minimum Gasteiger partial charge on any atom is -0.462 e. The summed E-state index contributed by atoms with van der Waals surface area (Å²) in [5, 5.41) is 20.7. The number of nitro groups is 1. The number of cyclic esters (lactones) is 1. The Bertz CT molecular complexity index is 1760. The van der Waals surface area contributed by atoms with Gasteiger partial charge in [-0.25, -0.2) is 9.79 Å². The number of amides is 3. The first kappa shape index (κ1) is 42.8. The van der Waals surface area contributed by atoms with E-state index < -0.39 is 23.2 Å². The number of ether oxygens (including phenoxy) is 2. The minimum absolute atomic E-state index is 0.0764. The number of likely N-dealkylation sites (N-methyl/N-ethyl adjacent to an activating group) is 2. The summed E-state index contributed by atoms with van der Waals surface area (Å²) in [7, 11) is 3.17. The van der Waals surface area contributed by atoms with Crippen LogP contribution in [-0.4, -0.2) is 144 Å². The van der Waals surface area contributed by atoms with Crippen molar-refractivity contribution in [1.82, 2.24) is 19.6 Å². The lowest BCUT2D eigenvalue weighted by atomic mass is 9.66. The number of imide groups is 1. The van der Waals surface area contributed by atoms with Crippen molar-refractivity contribution in [1.29, 1.82) is 0 Å². The molecule has 3 saturated heterocycles. The Hall–Kier alpha value is -4.83. The largest absolute Gasteiger partial charge is 0.462 e. The molecule has 9 atom stereocenters. The fourth-order valence-electron chi connectivity index (χ4n) is 8.97. The Labute approximate surface area is 340 Å². The number of nitrogens with zero attached hydrogens (tertiary/aromatic N) is 7. The van der Waals surface area contributed by atoms with Crippen LogP contribution in [-0.2, 0) is 23.9 Å². The number of aliphatic hydroxyl groups excluding tert-OH is 1. The molecule has 0 saturated carbocycles. The number of fused-ring (bicyclic) bond motifs is 2. The molecule has 1 aromatic rings. The highest BCUT2D eigenvalue weighted by Gasteiger charge is 2.48. The molecular weight excluding hydrogens is 747 g/mol. The average molecular weight is 806 g/mol. The number of anilines is 1. The number of carbonyl (C=O) groups is 4. The first-order chi connectivity index (χ1) is 27.7. The molecule has 0 radical (unpaired) electrons. The molecule has 1 N–H and O–H groups in total. The van der Waals surface area contributed by atoms with Gasteiger partial charge in [0.25, 0.3) is 11.6 Å². The van der Waals surface area contributed by atoms with E-state index in [9.17, 15) is 34.4 Å². The number of rotatable bonds is 11. The molecule has 0 spiro atoms. The number of aliphatic hydroxyl groups is 1. The van der Waals surface area contributed by atoms with E-state index in [1.54, 1.807) is 25.5 Å². The van der Waals surface area contributed by atoms with E-state index in [1.807, 2.05) is 18.7 Å². The maximum Gasteiger partial charge on any atom is 0.328 e. The fraction of sp³-hybridized carbons (Fsp3) is 0.643. The Balaban J connectivity index is 0.000000196. The first-order valence-corrected chi connectivity index (χ1v) is 20.8. The molecule has 0 bridgehead atoms. The summed E-state index contributed by atoms with van der Waals surface area (Å²) in [6, 6.07) is 5.85. The number of esters is 2. The van der Waals surface area contributed by atoms with Crippen molar-refractivity contribution in [3.8, 4) is 0 Å². The van der Waals surface area contributed by atoms with E-state index in [0.717, 1.165) is 75.4 Å². The van der Waals surface area contributed by atoms with Crippen LogP contribution in [0.3, 0.4) is 0 Å². The van der Waals surface area contributed by atoms with Crippen LogP contribution in [0.25, 0.3) is 0 Å². The van der Waals surface area contributed by atoms with Crippen LogP contribution in [0.4, 0.5) is 16.2 Å². The number of non-ortho nitro benzene ring substituents is 1. The molecule has 3 amide bonds. The van der Waals surface area contributed by atoms with Gasteiger partial charge < -0.3 is 29.3 Å². The van der Waals surface area contributed by atoms with Gasteiger partial charge in [-0.15, -0.1) is 0 Å². The van der Waals surface area contributed by atoms with Crippen LogP contribution in [0, 0.1) is 33.8 Å². The molecule has 6 aliphatic rings. The number of hydrogen-bond acceptors (Lipinski definition) is 13. The standard InChI is InChI=1S/C23H34O5.C19H25N7O4/c1-4-14(2)23(26)28-20-7-5-6-16-9-8-15(3)19(22(16)20)11-10-18-12-17(24)13-21(25)27-18;1-21-17-16(18(27)22(2)19(21)28)25(13-20-17)12-9-23-7-10-24(11-8-23)14-3-5-15(6-4-14)26(29)30/h6,8-9,14-15,17-20,22,24H,4-5,7,10-13H2,1-3H3;3-6,13,16-17H,7-12H2,1-2H3/t14-,15-,17+,18+,19-,20-,22-;/m0./s1. The maximum absolute atomic E-state index is 12.6. The molecule has 7 rings (SSSR count). The second-order valence-corrected chi connectivity index (χ2v) is 16.5. The van der Waals surface area contributed by atoms with Gasteiger partial charge in [0.1, 0.15) is 12.2 Å². The number of urea groups is 1. The maximum atomic E-state index is 12.6. The van der Waals surface area contributed by atoms with Gasteiger partial charge in [0.2, 0.25) is 0 Å². The molecule has 1 aromatic carbocycles. The van der Waals surface area contributed by atoms with Crippen LogP contribution in [0.2, 0.25) is 0 Å². The highest BCUT2D eigenvalue weighted by Crippen LogP contribution is 2.44. The number of hydrogen-bond donors (Lipinski definition) is 1. The topological polar surface area (TPSA) is 179 Å². The molecule has 16 heteroatoms. The minimum atomic E-state index is -0.593. The van der Waals surface area contributed by atoms with Gasteiger partial charge >= 0.3 is 18.0 Å². The van der Waals surface area contributed by atoms with Crippen molar-refractivity contribution in [2.75, 3.05) is 58.3 Å². The van der Waals surface area contributed by atoms with Gasteiger partial charge in [-0.2, -0.15) is 0 Å². The number of benzene rings is 1. The lowest BCUT2D eigenvalue weighted by Gasteiger charge is -2.42. The normalized spacial score (nSPS) is 30.2. The Kier molecular flexibility index (Phi) is 13.9. The molecule has 4 aliphatic heterocycles. The third-order valence-electron chi connectivity index (χ3n) is 12.7. The number of piperazine rings is 1. The number of carbonyl (C=O) groups excluding carboxylic acids is 4. The summed E-state index contributed by atoms with van der Waals surface area (Å²) in [4.78, 5) is 72.7. The van der Waals surface area contributed by atoms with Gasteiger partial charge in [0, 0.05) is 83.5 Å². The highest BCUT2D eigenvalue weighted by atomic mass is 16.6. The number of allylic oxidation sites excluding steroid dienone is 3. The molecule has 58 heavy (non-hydrogen) atoms. The zero-order valence-corrected chi connectivity index (χ0v) is 34.4. The van der Waals surface area contributed by atoms with E-state index in [0.29, 0.717) is 24.8 Å². The van der Waals surface area contributed by atoms with E-state index in [-0.39, 0.29) is 60.0 Å². The van der Waals surface area contributed by atoms with Gasteiger partial charge in [0.15, 0.2) is 12.2 Å². The summed E-state index contributed by atoms with van der Waals surface area (Å²) in [5.74, 6) is 0.207. The van der Waals surface area contributed by atoms with Crippen molar-refractivity contribution >= 4 is 41.6 Å². The second-order valence-electron chi connectivity index (χ2n) is 16.5. The quantitative estimate of drug-likeness (QED) is 0.192. The summed E-state index contributed by atoms with van der Waals surface area (Å²) < 4.78 is 11.4. The zero-order chi connectivity index (χ0) is 41.7. The summed E-state index contributed by atoms with van der Waals surface area (Å²) in [6.45, 7) is 11.0. The monoisotopic (exact) mass is 805 g/mol. The van der Waals surface area contributed by atoms with Crippen LogP contribution in [0.15, 0.2) is 53.1 Å². The lowest BCUT2D eigenvalue weighted by molar-refractivity contribution is -0.384. The summed E-state index contributed by atoms with van der Waals surface area (Å²) in [5.41, 5.74) is 2.36. The molecule has 0 aromatic heterocycles. The average Bonchev–Trinajstić information content (AvgIpc) is 3.65. The van der Waals surface area contributed by atoms with E-state index in [4.69, 9.17) is 9.47 Å². The van der Waals surface area contributed by atoms with Crippen LogP contribution < -0.4 is 4.90 Å². The molecule has 3 fully saturated rings. The van der Waals surface area contributed by atoms with Gasteiger partial charge in [-0.1, -0.05) is 39.0 Å². The van der Waals surface area contributed by atoms with Crippen LogP contribution in [0.5, 0.6) is 0 Å². The first-order valence-electron chi connectivity index (χ1n) is 20.8. The molecule has 4 heterocycles. The zero-order valence-electron chi connectivity index (χ0n) is 34.4. The second kappa shape index (κ2) is 18.8. The third-order valence-corrected chi connectivity index (χ3v) is 12.7. The SMILES string of the molecule is CC[C@H](C)C(=O)O[C@H]1CCC=C2C=C[C@H](C)[C@H](CC[C@@H]3C[C@@H](O)CC(=O)O3)[C@H]21.CN1C(=O)C2C(N=CN2CCN2CCN(c3ccc([N+](=O)[O-])cc3)CC2)N(C)C1=O. The number of nitro benzene ring substituents is 1. The van der Waals surface area contributed by atoms with Gasteiger partial charge in [0.05, 0.1) is 29.7 Å². The van der Waals surface area contributed by atoms with E-state index >= 15 is 0 Å². The van der Waals surface area contributed by atoms with Crippen molar-refractivity contribution in [3.05, 3.63) is 58.2 Å². The van der Waals surface area contributed by atoms with Crippen LogP contribution in [0.1, 0.15) is 65.7 Å². The highest BCUT2D eigenvalue weighted by molar-refractivity contribution is 6.01. The van der Waals surface area contributed by atoms with E-state index in [1.165, 1.54) is 29.7 Å². The van der Waals surface area contributed by atoms with Crippen molar-refractivity contribution in [2.24, 2.45) is 28.7 Å². The molecule has 16 nitrogen and oxygen atoms in total. The Morgan fingerprint density at radius 2 is 1.81 bits per heavy atom. The predicted molar refractivity (Wildman–Crippen MR) is 217 cm³/mol. The smallest absolute Gasteiger partial charge is 0.328 e. The summed E-state index contributed by atoms with van der Waals surface area (Å²) >= 11 is 0. The van der Waals surface area contributed by atoms with Gasteiger partial charge in [-0.3, -0.25) is 34.3 Å². The molecule has 2 unspecified atom stereocenters. The molecule has 316 valence electrons.